The van der Waals surface area contributed by atoms with Crippen molar-refractivity contribution in [2.45, 2.75) is 25.9 Å². The van der Waals surface area contributed by atoms with Crippen molar-refractivity contribution in [1.82, 2.24) is 30.3 Å². The molecule has 2 N–H and O–H groups in total. The van der Waals surface area contributed by atoms with E-state index >= 15 is 0 Å². The Labute approximate surface area is 98.2 Å². The molecule has 0 aliphatic rings. The largest absolute Gasteiger partial charge is 0.347 e. The van der Waals surface area contributed by atoms with Crippen LogP contribution in [0.4, 0.5) is 0 Å². The Bertz CT molecular complexity index is 449. The number of carbonyl (C=O) groups is 1. The van der Waals surface area contributed by atoms with Crippen molar-refractivity contribution < 1.29 is 4.79 Å². The molecule has 1 unspecified atom stereocenters. The first kappa shape index (κ1) is 11.3. The van der Waals surface area contributed by atoms with Gasteiger partial charge in [0.15, 0.2) is 0 Å². The number of H-pyrrole nitrogens is 1. The van der Waals surface area contributed by atoms with E-state index in [-0.39, 0.29) is 11.9 Å². The fourth-order valence-corrected chi connectivity index (χ4v) is 1.46. The van der Waals surface area contributed by atoms with Crippen molar-refractivity contribution in [2.24, 2.45) is 0 Å². The molecular weight excluding hydrogens is 220 g/mol. The Balaban J connectivity index is 1.77. The molecule has 0 bridgehead atoms. The van der Waals surface area contributed by atoms with Gasteiger partial charge in [-0.2, -0.15) is 0 Å². The summed E-state index contributed by atoms with van der Waals surface area (Å²) in [5.74, 6) is 0.712. The highest BCUT2D eigenvalue weighted by Crippen LogP contribution is 2.05. The lowest BCUT2D eigenvalue weighted by molar-refractivity contribution is -0.122. The Kier molecular flexibility index (Phi) is 3.49. The second-order valence-corrected chi connectivity index (χ2v) is 3.68. The number of carbonyl (C=O) groups excluding carboxylic acids is 1. The topological polar surface area (TPSA) is 88.5 Å². The molecule has 1 amide bonds. The number of nitrogens with one attached hydrogen (secondary N) is 2. The molecule has 2 rings (SSSR count). The van der Waals surface area contributed by atoms with Gasteiger partial charge in [-0.15, -0.1) is 5.10 Å². The first-order valence-corrected chi connectivity index (χ1v) is 5.38. The predicted molar refractivity (Wildman–Crippen MR) is 59.8 cm³/mol. The highest BCUT2D eigenvalue weighted by atomic mass is 16.1. The van der Waals surface area contributed by atoms with Crippen LogP contribution < -0.4 is 5.32 Å². The minimum Gasteiger partial charge on any atom is -0.347 e. The van der Waals surface area contributed by atoms with Gasteiger partial charge in [0.25, 0.3) is 0 Å². The highest BCUT2D eigenvalue weighted by molar-refractivity contribution is 5.76. The molecule has 0 aliphatic carbocycles. The molecule has 0 aromatic carbocycles. The second kappa shape index (κ2) is 5.24. The van der Waals surface area contributed by atoms with Crippen LogP contribution in [-0.4, -0.2) is 30.9 Å². The summed E-state index contributed by atoms with van der Waals surface area (Å²) in [6, 6.07) is -0.117. The minimum absolute atomic E-state index is 0.0376. The van der Waals surface area contributed by atoms with E-state index in [1.807, 2.05) is 6.92 Å². The zero-order chi connectivity index (χ0) is 12.1. The van der Waals surface area contributed by atoms with E-state index < -0.39 is 0 Å². The summed E-state index contributed by atoms with van der Waals surface area (Å²) in [5, 5.41) is 10.3. The molecule has 0 aliphatic heterocycles. The first-order chi connectivity index (χ1) is 8.25. The van der Waals surface area contributed by atoms with Crippen molar-refractivity contribution in [2.75, 3.05) is 0 Å². The Morgan fingerprint density at radius 1 is 1.59 bits per heavy atom. The third-order valence-corrected chi connectivity index (χ3v) is 2.35. The molecule has 0 radical (unpaired) electrons. The van der Waals surface area contributed by atoms with Gasteiger partial charge in [0, 0.05) is 25.0 Å². The van der Waals surface area contributed by atoms with Gasteiger partial charge in [0.05, 0.1) is 18.8 Å². The summed E-state index contributed by atoms with van der Waals surface area (Å²) in [7, 11) is 0. The lowest BCUT2D eigenvalue weighted by Gasteiger charge is -2.11. The van der Waals surface area contributed by atoms with E-state index in [1.54, 1.807) is 29.5 Å². The summed E-state index contributed by atoms with van der Waals surface area (Å²) in [5.41, 5.74) is 0. The van der Waals surface area contributed by atoms with Crippen molar-refractivity contribution >= 4 is 5.91 Å². The van der Waals surface area contributed by atoms with E-state index in [4.69, 9.17) is 0 Å². The number of aromatic nitrogens is 5. The quantitative estimate of drug-likeness (QED) is 0.777. The molecule has 7 nitrogen and oxygen atoms in total. The molecule has 2 heterocycles. The summed E-state index contributed by atoms with van der Waals surface area (Å²) in [6.07, 6.45) is 7.07. The van der Waals surface area contributed by atoms with Crippen LogP contribution in [0.25, 0.3) is 0 Å². The summed E-state index contributed by atoms with van der Waals surface area (Å²) < 4.78 is 1.62. The number of hydrogen-bond acceptors (Lipinski definition) is 4. The zero-order valence-electron chi connectivity index (χ0n) is 9.50. The van der Waals surface area contributed by atoms with Gasteiger partial charge in [-0.05, 0) is 6.92 Å². The van der Waals surface area contributed by atoms with Crippen LogP contribution in [0.1, 0.15) is 25.2 Å². The van der Waals surface area contributed by atoms with Gasteiger partial charge in [0.1, 0.15) is 5.82 Å². The lowest BCUT2D eigenvalue weighted by Crippen LogP contribution is -2.28. The average Bonchev–Trinajstić information content (AvgIpc) is 2.99. The lowest BCUT2D eigenvalue weighted by atomic mass is 10.3. The first-order valence-electron chi connectivity index (χ1n) is 5.38. The molecular formula is C10H14N6O. The van der Waals surface area contributed by atoms with Crippen molar-refractivity contribution in [3.8, 4) is 0 Å². The van der Waals surface area contributed by atoms with Crippen LogP contribution in [-0.2, 0) is 11.3 Å². The summed E-state index contributed by atoms with van der Waals surface area (Å²) in [4.78, 5) is 18.7. The molecule has 0 saturated carbocycles. The van der Waals surface area contributed by atoms with Gasteiger partial charge in [-0.25, -0.2) is 4.98 Å². The number of nitrogens with zero attached hydrogens (tertiary/aromatic N) is 4. The molecule has 17 heavy (non-hydrogen) atoms. The van der Waals surface area contributed by atoms with Crippen LogP contribution in [0.3, 0.4) is 0 Å². The fraction of sp³-hybridized carbons (Fsp3) is 0.400. The molecule has 0 fully saturated rings. The standard InChI is InChI=1S/C10H14N6O/c1-8(10-11-3-4-12-10)14-9(17)2-6-16-7-5-13-15-16/h3-5,7-8H,2,6H2,1H3,(H,11,12)(H,14,17). The highest BCUT2D eigenvalue weighted by Gasteiger charge is 2.11. The van der Waals surface area contributed by atoms with Gasteiger partial charge >= 0.3 is 0 Å². The second-order valence-electron chi connectivity index (χ2n) is 3.68. The minimum atomic E-state index is -0.117. The molecule has 2 aromatic rings. The number of rotatable bonds is 5. The van der Waals surface area contributed by atoms with E-state index in [9.17, 15) is 4.79 Å². The van der Waals surface area contributed by atoms with Crippen LogP contribution in [0.15, 0.2) is 24.8 Å². The van der Waals surface area contributed by atoms with Crippen LogP contribution in [0.5, 0.6) is 0 Å². The molecule has 1 atom stereocenters. The third-order valence-electron chi connectivity index (χ3n) is 2.35. The fourth-order valence-electron chi connectivity index (χ4n) is 1.46. The Morgan fingerprint density at radius 2 is 2.47 bits per heavy atom. The van der Waals surface area contributed by atoms with Crippen molar-refractivity contribution in [3.63, 3.8) is 0 Å². The van der Waals surface area contributed by atoms with E-state index in [0.717, 1.165) is 5.82 Å². The van der Waals surface area contributed by atoms with Gasteiger partial charge in [-0.3, -0.25) is 9.48 Å². The predicted octanol–water partition coefficient (Wildman–Crippen LogP) is 0.269. The monoisotopic (exact) mass is 234 g/mol. The summed E-state index contributed by atoms with van der Waals surface area (Å²) in [6.45, 7) is 2.41. The summed E-state index contributed by atoms with van der Waals surface area (Å²) >= 11 is 0. The number of imidazole rings is 1. The van der Waals surface area contributed by atoms with Crippen molar-refractivity contribution in [1.29, 1.82) is 0 Å². The number of amides is 1. The van der Waals surface area contributed by atoms with Gasteiger partial charge in [0.2, 0.25) is 5.91 Å². The van der Waals surface area contributed by atoms with E-state index in [2.05, 4.69) is 25.6 Å². The van der Waals surface area contributed by atoms with Crippen molar-refractivity contribution in [3.05, 3.63) is 30.6 Å². The third kappa shape index (κ3) is 3.13. The van der Waals surface area contributed by atoms with E-state index in [1.165, 1.54) is 0 Å². The van der Waals surface area contributed by atoms with Crippen LogP contribution >= 0.6 is 0 Å². The average molecular weight is 234 g/mol. The molecule has 90 valence electrons. The maximum Gasteiger partial charge on any atom is 0.222 e. The Hall–Kier alpha value is -2.18. The van der Waals surface area contributed by atoms with Gasteiger partial charge in [-0.1, -0.05) is 5.21 Å². The van der Waals surface area contributed by atoms with Crippen LogP contribution in [0, 0.1) is 0 Å². The Morgan fingerprint density at radius 3 is 3.12 bits per heavy atom. The SMILES string of the molecule is CC(NC(=O)CCn1ccnn1)c1ncc[nH]1. The van der Waals surface area contributed by atoms with Crippen LogP contribution in [0.2, 0.25) is 0 Å². The maximum atomic E-state index is 11.6. The zero-order valence-corrected chi connectivity index (χ0v) is 9.50. The maximum absolute atomic E-state index is 11.6. The number of hydrogen-bond donors (Lipinski definition) is 2. The molecule has 2 aromatic heterocycles. The normalized spacial score (nSPS) is 12.3. The molecule has 7 heteroatoms. The number of aromatic amines is 1. The molecule has 0 saturated heterocycles. The smallest absolute Gasteiger partial charge is 0.222 e. The number of aryl methyl sites for hydroxylation is 1. The molecule has 0 spiro atoms. The van der Waals surface area contributed by atoms with E-state index in [0.29, 0.717) is 13.0 Å². The van der Waals surface area contributed by atoms with Gasteiger partial charge < -0.3 is 10.3 Å².